The fourth-order valence-electron chi connectivity index (χ4n) is 5.02. The van der Waals surface area contributed by atoms with Gasteiger partial charge in [0.2, 0.25) is 0 Å². The predicted molar refractivity (Wildman–Crippen MR) is 109 cm³/mol. The first-order valence-corrected chi connectivity index (χ1v) is 10.6. The quantitative estimate of drug-likeness (QED) is 0.674. The van der Waals surface area contributed by atoms with Crippen LogP contribution in [0.4, 0.5) is 4.39 Å². The second-order valence-electron chi connectivity index (χ2n) is 9.10. The highest BCUT2D eigenvalue weighted by molar-refractivity contribution is 6.30. The molecule has 4 saturated carbocycles. The molecule has 2 bridgehead atoms. The Morgan fingerprint density at radius 2 is 1.97 bits per heavy atom. The molecule has 1 aromatic carbocycles. The molecule has 1 amide bonds. The number of carbonyl (C=O) groups excluding carboxylic acids is 2. The van der Waals surface area contributed by atoms with E-state index in [9.17, 15) is 14.0 Å². The van der Waals surface area contributed by atoms with Gasteiger partial charge in [-0.05, 0) is 67.2 Å². The maximum absolute atomic E-state index is 13.4. The molecule has 1 heterocycles. The van der Waals surface area contributed by atoms with Gasteiger partial charge in [-0.15, -0.1) is 0 Å². The van der Waals surface area contributed by atoms with Crippen LogP contribution in [-0.4, -0.2) is 28.8 Å². The molecule has 5 nitrogen and oxygen atoms in total. The van der Waals surface area contributed by atoms with Crippen molar-refractivity contribution in [3.05, 3.63) is 58.6 Å². The zero-order valence-electron chi connectivity index (χ0n) is 16.4. The Kier molecular flexibility index (Phi) is 4.58. The van der Waals surface area contributed by atoms with Crippen LogP contribution >= 0.6 is 11.6 Å². The Morgan fingerprint density at radius 1 is 1.20 bits per heavy atom. The summed E-state index contributed by atoms with van der Waals surface area (Å²) < 4.78 is 18.8. The molecule has 6 rings (SSSR count). The van der Waals surface area contributed by atoms with Gasteiger partial charge >= 0.3 is 0 Å². The third kappa shape index (κ3) is 3.69. The number of benzene rings is 1. The first-order valence-electron chi connectivity index (χ1n) is 10.2. The summed E-state index contributed by atoms with van der Waals surface area (Å²) in [6.45, 7) is -0.0978. The zero-order valence-corrected chi connectivity index (χ0v) is 17.2. The second-order valence-corrected chi connectivity index (χ2v) is 9.50. The van der Waals surface area contributed by atoms with Crippen LogP contribution in [0.15, 0.2) is 36.5 Å². The maximum Gasteiger partial charge on any atom is 0.270 e. The second kappa shape index (κ2) is 7.05. The lowest BCUT2D eigenvalue weighted by atomic mass is 9.38. The number of hydrogen-bond donors (Lipinski definition) is 1. The molecular formula is C23H22ClFN2O3. The highest BCUT2D eigenvalue weighted by Gasteiger charge is 2.68. The molecule has 4 aliphatic rings. The van der Waals surface area contributed by atoms with Crippen molar-refractivity contribution in [1.29, 1.82) is 0 Å². The van der Waals surface area contributed by atoms with Crippen molar-refractivity contribution in [3.63, 3.8) is 0 Å². The summed E-state index contributed by atoms with van der Waals surface area (Å²) in [6, 6.07) is 7.90. The van der Waals surface area contributed by atoms with Crippen LogP contribution in [-0.2, 0) is 4.79 Å². The monoisotopic (exact) mass is 428 g/mol. The topological polar surface area (TPSA) is 68.3 Å². The number of amides is 1. The molecule has 0 atom stereocenters. The predicted octanol–water partition coefficient (Wildman–Crippen LogP) is 4.44. The summed E-state index contributed by atoms with van der Waals surface area (Å²) in [6.07, 6.45) is 7.03. The number of ketones is 1. The molecule has 1 aromatic heterocycles. The lowest BCUT2D eigenvalue weighted by Gasteiger charge is -2.70. The molecular weight excluding hydrogens is 407 g/mol. The average Bonchev–Trinajstić information content (AvgIpc) is 3.51. The van der Waals surface area contributed by atoms with E-state index < -0.39 is 5.82 Å². The maximum atomic E-state index is 13.4. The summed E-state index contributed by atoms with van der Waals surface area (Å²) in [7, 11) is 0. The molecule has 1 N–H and O–H groups in total. The van der Waals surface area contributed by atoms with Gasteiger partial charge in [-0.3, -0.25) is 14.6 Å². The van der Waals surface area contributed by atoms with Gasteiger partial charge < -0.3 is 10.1 Å². The Labute approximate surface area is 179 Å². The van der Waals surface area contributed by atoms with Crippen molar-refractivity contribution in [2.24, 2.45) is 5.41 Å². The molecule has 4 aliphatic carbocycles. The van der Waals surface area contributed by atoms with Gasteiger partial charge in [0.25, 0.3) is 5.91 Å². The molecule has 4 fully saturated rings. The van der Waals surface area contributed by atoms with Gasteiger partial charge in [0.1, 0.15) is 23.9 Å². The van der Waals surface area contributed by atoms with E-state index in [2.05, 4.69) is 10.3 Å². The van der Waals surface area contributed by atoms with Gasteiger partial charge in [0.05, 0.1) is 5.02 Å². The minimum atomic E-state index is -0.574. The number of Topliss-reactive ketones (excluding diaryl/α,β-unsaturated/α-hetero) is 1. The zero-order chi connectivity index (χ0) is 20.9. The largest absolute Gasteiger partial charge is 0.486 e. The Bertz CT molecular complexity index is 1000. The van der Waals surface area contributed by atoms with Crippen LogP contribution < -0.4 is 10.1 Å². The fourth-order valence-corrected chi connectivity index (χ4v) is 5.14. The van der Waals surface area contributed by atoms with E-state index in [-0.39, 0.29) is 40.0 Å². The van der Waals surface area contributed by atoms with E-state index >= 15 is 0 Å². The summed E-state index contributed by atoms with van der Waals surface area (Å²) in [5, 5.41) is 3.13. The number of rotatable bonds is 8. The standard InChI is InChI=1S/C23H22ClFN2O3/c24-18-5-4-17(7-19(18)25)30-10-16(28)8-22-11-23(12-22,13-22)27-21(29)20-6-3-15(9-26-20)14-1-2-14/h3-7,9,14H,1-2,8,10-13H2,(H,27,29). The first-order chi connectivity index (χ1) is 14.4. The number of halogens is 2. The minimum Gasteiger partial charge on any atom is -0.486 e. The van der Waals surface area contributed by atoms with Crippen LogP contribution in [0.5, 0.6) is 5.75 Å². The highest BCUT2D eigenvalue weighted by Crippen LogP contribution is 2.69. The van der Waals surface area contributed by atoms with Gasteiger partial charge in [0, 0.05) is 24.2 Å². The minimum absolute atomic E-state index is 0.0175. The average molecular weight is 429 g/mol. The molecule has 0 radical (unpaired) electrons. The Morgan fingerprint density at radius 3 is 2.60 bits per heavy atom. The van der Waals surface area contributed by atoms with E-state index in [1.807, 2.05) is 6.07 Å². The molecule has 2 aromatic rings. The van der Waals surface area contributed by atoms with Gasteiger partial charge in [0.15, 0.2) is 5.78 Å². The lowest BCUT2D eigenvalue weighted by Crippen LogP contribution is -2.75. The molecule has 156 valence electrons. The smallest absolute Gasteiger partial charge is 0.270 e. The normalized spacial score (nSPS) is 26.3. The van der Waals surface area contributed by atoms with E-state index in [1.54, 1.807) is 12.3 Å². The molecule has 0 spiro atoms. The van der Waals surface area contributed by atoms with Crippen LogP contribution in [0.2, 0.25) is 5.02 Å². The number of nitrogens with one attached hydrogen (secondary N) is 1. The number of nitrogens with zero attached hydrogens (tertiary/aromatic N) is 1. The Balaban J connectivity index is 1.08. The third-order valence-corrected chi connectivity index (χ3v) is 6.76. The number of pyridine rings is 1. The summed E-state index contributed by atoms with van der Waals surface area (Å²) >= 11 is 5.64. The van der Waals surface area contributed by atoms with Crippen LogP contribution in [0.3, 0.4) is 0 Å². The van der Waals surface area contributed by atoms with E-state index in [1.165, 1.54) is 36.6 Å². The molecule has 0 unspecified atom stereocenters. The van der Waals surface area contributed by atoms with E-state index in [0.29, 0.717) is 18.0 Å². The van der Waals surface area contributed by atoms with Crippen LogP contribution in [0.1, 0.15) is 60.5 Å². The van der Waals surface area contributed by atoms with Gasteiger partial charge in [-0.1, -0.05) is 17.7 Å². The van der Waals surface area contributed by atoms with E-state index in [0.717, 1.165) is 19.3 Å². The summed E-state index contributed by atoms with van der Waals surface area (Å²) in [5.41, 5.74) is 1.41. The van der Waals surface area contributed by atoms with Gasteiger partial charge in [-0.2, -0.15) is 0 Å². The van der Waals surface area contributed by atoms with Crippen molar-refractivity contribution >= 4 is 23.3 Å². The number of ether oxygens (including phenoxy) is 1. The van der Waals surface area contributed by atoms with Gasteiger partial charge in [-0.25, -0.2) is 4.39 Å². The van der Waals surface area contributed by atoms with Crippen molar-refractivity contribution in [2.45, 2.75) is 50.0 Å². The highest BCUT2D eigenvalue weighted by atomic mass is 35.5. The van der Waals surface area contributed by atoms with Crippen molar-refractivity contribution in [2.75, 3.05) is 6.61 Å². The van der Waals surface area contributed by atoms with Crippen LogP contribution in [0, 0.1) is 11.2 Å². The third-order valence-electron chi connectivity index (χ3n) is 6.45. The molecule has 0 aliphatic heterocycles. The number of hydrogen-bond acceptors (Lipinski definition) is 4. The summed E-state index contributed by atoms with van der Waals surface area (Å²) in [4.78, 5) is 29.1. The summed E-state index contributed by atoms with van der Waals surface area (Å²) in [5.74, 6) is 0.155. The van der Waals surface area contributed by atoms with Crippen molar-refractivity contribution < 1.29 is 18.7 Å². The number of carbonyl (C=O) groups is 2. The Hall–Kier alpha value is -2.47. The van der Waals surface area contributed by atoms with Crippen LogP contribution in [0.25, 0.3) is 0 Å². The SMILES string of the molecule is O=C(COc1ccc(Cl)c(F)c1)CC12CC(NC(=O)c3ccc(C4CC4)cn3)(C1)C2. The molecule has 7 heteroatoms. The lowest BCUT2D eigenvalue weighted by molar-refractivity contribution is -0.162. The fraction of sp³-hybridized carbons (Fsp3) is 0.435. The number of aromatic nitrogens is 1. The molecule has 30 heavy (non-hydrogen) atoms. The first kappa shape index (κ1) is 19.5. The van der Waals surface area contributed by atoms with Crippen molar-refractivity contribution in [1.82, 2.24) is 10.3 Å². The van der Waals surface area contributed by atoms with E-state index in [4.69, 9.17) is 16.3 Å². The molecule has 0 saturated heterocycles. The van der Waals surface area contributed by atoms with Crippen molar-refractivity contribution in [3.8, 4) is 5.75 Å².